The molecule has 3 rings (SSSR count). The van der Waals surface area contributed by atoms with Crippen molar-refractivity contribution < 1.29 is 19.4 Å². The number of aliphatic hydroxyl groups is 1. The minimum Gasteiger partial charge on any atom is -0.457 e. The number of ketones is 1. The van der Waals surface area contributed by atoms with Gasteiger partial charge in [-0.25, -0.2) is 0 Å². The van der Waals surface area contributed by atoms with Crippen molar-refractivity contribution in [3.05, 3.63) is 22.8 Å². The topological polar surface area (TPSA) is 63.6 Å². The number of carbonyl (C=O) groups excluding carboxylic acids is 2. The van der Waals surface area contributed by atoms with Gasteiger partial charge in [0.25, 0.3) is 0 Å². The average Bonchev–Trinajstić information content (AvgIpc) is 3.20. The minimum atomic E-state index is -1.36. The van der Waals surface area contributed by atoms with Gasteiger partial charge in [0, 0.05) is 28.4 Å². The number of carbonyl (C=O) groups is 2. The molecule has 3 aliphatic carbocycles. The van der Waals surface area contributed by atoms with Crippen molar-refractivity contribution in [2.45, 2.75) is 65.6 Å². The first-order chi connectivity index (χ1) is 10.1. The average molecular weight is 304 g/mol. The van der Waals surface area contributed by atoms with Gasteiger partial charge >= 0.3 is 5.97 Å². The van der Waals surface area contributed by atoms with Crippen LogP contribution in [0, 0.1) is 10.8 Å². The molecule has 1 fully saturated rings. The standard InChI is InChI=1S/C18H24O4/c1-6-12(19)22-15-13-10(2)18(7-8-18)17(5,21)14(20)11(13)9-16(15,3)4/h9,15,21H,6-8H2,1-5H3/t15-,17+/m1/s1. The lowest BCUT2D eigenvalue weighted by Crippen LogP contribution is -2.50. The molecule has 1 saturated carbocycles. The van der Waals surface area contributed by atoms with E-state index in [-0.39, 0.29) is 11.8 Å². The maximum atomic E-state index is 12.8. The van der Waals surface area contributed by atoms with E-state index in [0.29, 0.717) is 12.0 Å². The largest absolute Gasteiger partial charge is 0.457 e. The van der Waals surface area contributed by atoms with Crippen molar-refractivity contribution >= 4 is 11.8 Å². The van der Waals surface area contributed by atoms with Crippen molar-refractivity contribution in [3.63, 3.8) is 0 Å². The summed E-state index contributed by atoms with van der Waals surface area (Å²) in [6, 6.07) is 0. The molecular weight excluding hydrogens is 280 g/mol. The SMILES string of the molecule is CCC(=O)O[C@@H]1C2=C(C)C3(CC3)[C@@](C)(O)C(=O)C2=CC1(C)C. The number of ether oxygens (including phenoxy) is 1. The highest BCUT2D eigenvalue weighted by atomic mass is 16.5. The van der Waals surface area contributed by atoms with E-state index in [9.17, 15) is 14.7 Å². The molecule has 0 heterocycles. The molecule has 3 aliphatic rings. The monoisotopic (exact) mass is 304 g/mol. The second kappa shape index (κ2) is 4.31. The molecule has 2 atom stereocenters. The number of esters is 1. The summed E-state index contributed by atoms with van der Waals surface area (Å²) < 4.78 is 5.67. The molecule has 1 spiro atoms. The number of rotatable bonds is 2. The first kappa shape index (κ1) is 15.5. The zero-order chi connectivity index (χ0) is 16.5. The van der Waals surface area contributed by atoms with Crippen molar-refractivity contribution in [2.24, 2.45) is 10.8 Å². The Morgan fingerprint density at radius 1 is 1.36 bits per heavy atom. The van der Waals surface area contributed by atoms with Gasteiger partial charge in [-0.2, -0.15) is 0 Å². The number of fused-ring (bicyclic) bond motifs is 1. The van der Waals surface area contributed by atoms with E-state index in [1.54, 1.807) is 13.8 Å². The Morgan fingerprint density at radius 3 is 2.45 bits per heavy atom. The summed E-state index contributed by atoms with van der Waals surface area (Å²) in [4.78, 5) is 24.6. The molecule has 0 aromatic carbocycles. The van der Waals surface area contributed by atoms with Crippen LogP contribution in [0.3, 0.4) is 0 Å². The van der Waals surface area contributed by atoms with Crippen molar-refractivity contribution in [1.29, 1.82) is 0 Å². The summed E-state index contributed by atoms with van der Waals surface area (Å²) in [5, 5.41) is 10.8. The third-order valence-corrected chi connectivity index (χ3v) is 5.77. The molecule has 0 unspecified atom stereocenters. The zero-order valence-corrected chi connectivity index (χ0v) is 13.9. The molecule has 0 bridgehead atoms. The molecular formula is C18H24O4. The normalized spacial score (nSPS) is 34.5. The predicted octanol–water partition coefficient (Wildman–Crippen LogP) is 2.70. The van der Waals surface area contributed by atoms with Gasteiger partial charge in [-0.05, 0) is 26.7 Å². The molecule has 4 heteroatoms. The fraction of sp³-hybridized carbons (Fsp3) is 0.667. The maximum absolute atomic E-state index is 12.8. The summed E-state index contributed by atoms with van der Waals surface area (Å²) in [5.41, 5.74) is 0.130. The lowest BCUT2D eigenvalue weighted by Gasteiger charge is -2.40. The molecule has 0 aromatic heterocycles. The highest BCUT2D eigenvalue weighted by Crippen LogP contribution is 2.65. The van der Waals surface area contributed by atoms with E-state index in [1.807, 2.05) is 26.8 Å². The van der Waals surface area contributed by atoms with E-state index < -0.39 is 22.5 Å². The maximum Gasteiger partial charge on any atom is 0.306 e. The van der Waals surface area contributed by atoms with Crippen molar-refractivity contribution in [1.82, 2.24) is 0 Å². The number of hydrogen-bond donors (Lipinski definition) is 1. The first-order valence-corrected chi connectivity index (χ1v) is 7.99. The summed E-state index contributed by atoms with van der Waals surface area (Å²) in [5.74, 6) is -0.489. The molecule has 4 nitrogen and oxygen atoms in total. The van der Waals surface area contributed by atoms with Gasteiger partial charge in [0.05, 0.1) is 0 Å². The molecule has 1 N–H and O–H groups in total. The van der Waals surface area contributed by atoms with Crippen LogP contribution >= 0.6 is 0 Å². The van der Waals surface area contributed by atoms with Crippen LogP contribution in [0.15, 0.2) is 22.8 Å². The minimum absolute atomic E-state index is 0.228. The second-order valence-electron chi connectivity index (χ2n) is 7.62. The van der Waals surface area contributed by atoms with Gasteiger partial charge in [-0.3, -0.25) is 9.59 Å². The van der Waals surface area contributed by atoms with Crippen LogP contribution in [0.2, 0.25) is 0 Å². The van der Waals surface area contributed by atoms with E-state index in [0.717, 1.165) is 24.0 Å². The van der Waals surface area contributed by atoms with Gasteiger partial charge in [-0.1, -0.05) is 32.4 Å². The van der Waals surface area contributed by atoms with Crippen LogP contribution in [0.4, 0.5) is 0 Å². The van der Waals surface area contributed by atoms with Crippen molar-refractivity contribution in [3.8, 4) is 0 Å². The van der Waals surface area contributed by atoms with Crippen LogP contribution < -0.4 is 0 Å². The van der Waals surface area contributed by atoms with Gasteiger partial charge in [0.15, 0.2) is 5.78 Å². The van der Waals surface area contributed by atoms with Gasteiger partial charge in [0.2, 0.25) is 0 Å². The van der Waals surface area contributed by atoms with Crippen LogP contribution in [-0.4, -0.2) is 28.6 Å². The molecule has 0 aromatic rings. The predicted molar refractivity (Wildman–Crippen MR) is 82.0 cm³/mol. The molecule has 0 aliphatic heterocycles. The smallest absolute Gasteiger partial charge is 0.306 e. The Balaban J connectivity index is 2.15. The fourth-order valence-corrected chi connectivity index (χ4v) is 4.14. The second-order valence-corrected chi connectivity index (χ2v) is 7.62. The molecule has 22 heavy (non-hydrogen) atoms. The van der Waals surface area contributed by atoms with Crippen LogP contribution in [0.25, 0.3) is 0 Å². The van der Waals surface area contributed by atoms with E-state index in [1.165, 1.54) is 0 Å². The summed E-state index contributed by atoms with van der Waals surface area (Å²) in [6.07, 6.45) is 3.36. The molecule has 0 amide bonds. The van der Waals surface area contributed by atoms with Gasteiger partial charge in [0.1, 0.15) is 11.7 Å². The Hall–Kier alpha value is -1.42. The Kier molecular flexibility index (Phi) is 3.03. The number of hydrogen-bond acceptors (Lipinski definition) is 4. The quantitative estimate of drug-likeness (QED) is 0.797. The Labute approximate surface area is 131 Å². The molecule has 0 saturated heterocycles. The van der Waals surface area contributed by atoms with Crippen LogP contribution in [-0.2, 0) is 14.3 Å². The zero-order valence-electron chi connectivity index (χ0n) is 13.9. The third-order valence-electron chi connectivity index (χ3n) is 5.77. The summed E-state index contributed by atoms with van der Waals surface area (Å²) in [6.45, 7) is 9.30. The molecule has 120 valence electrons. The number of Topliss-reactive ketones (excluding diaryl/α,β-unsaturated/α-hetero) is 1. The molecule has 0 radical (unpaired) electrons. The van der Waals surface area contributed by atoms with E-state index >= 15 is 0 Å². The van der Waals surface area contributed by atoms with E-state index in [4.69, 9.17) is 4.74 Å². The first-order valence-electron chi connectivity index (χ1n) is 7.99. The Bertz CT molecular complexity index is 629. The fourth-order valence-electron chi connectivity index (χ4n) is 4.14. The summed E-state index contributed by atoms with van der Waals surface area (Å²) in [7, 11) is 0. The van der Waals surface area contributed by atoms with Crippen LogP contribution in [0.1, 0.15) is 53.9 Å². The summed E-state index contributed by atoms with van der Waals surface area (Å²) >= 11 is 0. The Morgan fingerprint density at radius 2 is 1.95 bits per heavy atom. The van der Waals surface area contributed by atoms with Crippen molar-refractivity contribution in [2.75, 3.05) is 0 Å². The third kappa shape index (κ3) is 1.73. The lowest BCUT2D eigenvalue weighted by molar-refractivity contribution is -0.150. The van der Waals surface area contributed by atoms with Gasteiger partial charge < -0.3 is 9.84 Å². The highest BCUT2D eigenvalue weighted by Gasteiger charge is 2.66. The highest BCUT2D eigenvalue weighted by molar-refractivity contribution is 6.09. The van der Waals surface area contributed by atoms with E-state index in [2.05, 4.69) is 0 Å². The van der Waals surface area contributed by atoms with Gasteiger partial charge in [-0.15, -0.1) is 0 Å². The van der Waals surface area contributed by atoms with Crippen LogP contribution in [0.5, 0.6) is 0 Å². The lowest BCUT2D eigenvalue weighted by atomic mass is 9.67.